The second kappa shape index (κ2) is 7.29. The zero-order valence-electron chi connectivity index (χ0n) is 12.6. The Labute approximate surface area is 130 Å². The van der Waals surface area contributed by atoms with Gasteiger partial charge < -0.3 is 15.0 Å². The van der Waals surface area contributed by atoms with Gasteiger partial charge in [-0.15, -0.1) is 0 Å². The first-order chi connectivity index (χ1) is 10.2. The van der Waals surface area contributed by atoms with E-state index in [1.165, 1.54) is 0 Å². The van der Waals surface area contributed by atoms with E-state index in [0.29, 0.717) is 5.02 Å². The van der Waals surface area contributed by atoms with Gasteiger partial charge in [0.15, 0.2) is 5.82 Å². The molecule has 1 aromatic carbocycles. The maximum Gasteiger partial charge on any atom is 0.151 e. The highest BCUT2D eigenvalue weighted by atomic mass is 35.5. The molecule has 2 rings (SSSR count). The lowest BCUT2D eigenvalue weighted by atomic mass is 10.2. The largest absolute Gasteiger partial charge is 0.497 e. The molecule has 0 spiro atoms. The number of halogens is 1. The van der Waals surface area contributed by atoms with Crippen LogP contribution in [-0.4, -0.2) is 25.7 Å². The van der Waals surface area contributed by atoms with Crippen molar-refractivity contribution in [2.24, 2.45) is 0 Å². The lowest BCUT2D eigenvalue weighted by molar-refractivity contribution is 0.415. The number of pyridine rings is 1. The molecule has 21 heavy (non-hydrogen) atoms. The summed E-state index contributed by atoms with van der Waals surface area (Å²) in [5.41, 5.74) is 2.05. The number of methoxy groups -OCH3 is 1. The van der Waals surface area contributed by atoms with Crippen LogP contribution in [0.25, 0.3) is 0 Å². The Kier molecular flexibility index (Phi) is 5.42. The second-order valence-electron chi connectivity index (χ2n) is 4.69. The summed E-state index contributed by atoms with van der Waals surface area (Å²) in [5.74, 6) is 1.53. The summed E-state index contributed by atoms with van der Waals surface area (Å²) in [6.07, 6.45) is 1.85. The van der Waals surface area contributed by atoms with Crippen LogP contribution in [0.2, 0.25) is 5.02 Å². The Bertz CT molecular complexity index is 604. The van der Waals surface area contributed by atoms with Crippen molar-refractivity contribution < 1.29 is 4.74 Å². The van der Waals surface area contributed by atoms with Crippen LogP contribution in [0, 0.1) is 0 Å². The number of hydrogen-bond acceptors (Lipinski definition) is 4. The Morgan fingerprint density at radius 1 is 1.33 bits per heavy atom. The van der Waals surface area contributed by atoms with E-state index in [4.69, 9.17) is 16.3 Å². The van der Waals surface area contributed by atoms with E-state index in [-0.39, 0.29) is 0 Å². The zero-order chi connectivity index (χ0) is 15.2. The molecule has 1 N–H and O–H groups in total. The summed E-state index contributed by atoms with van der Waals surface area (Å²) >= 11 is 6.36. The molecule has 0 aliphatic carbocycles. The first kappa shape index (κ1) is 15.6. The molecular formula is C16H20ClN3O. The highest BCUT2D eigenvalue weighted by Gasteiger charge is 2.11. The average molecular weight is 306 g/mol. The van der Waals surface area contributed by atoms with Gasteiger partial charge in [0.2, 0.25) is 0 Å². The van der Waals surface area contributed by atoms with E-state index < -0.39 is 0 Å². The molecule has 0 unspecified atom stereocenters. The summed E-state index contributed by atoms with van der Waals surface area (Å²) in [4.78, 5) is 6.42. The molecule has 0 aliphatic rings. The normalized spacial score (nSPS) is 10.5. The third-order valence-corrected chi connectivity index (χ3v) is 3.49. The van der Waals surface area contributed by atoms with Gasteiger partial charge in [0.1, 0.15) is 5.75 Å². The van der Waals surface area contributed by atoms with Crippen LogP contribution < -0.4 is 15.0 Å². The van der Waals surface area contributed by atoms with Crippen LogP contribution in [-0.2, 0) is 6.54 Å². The van der Waals surface area contributed by atoms with E-state index in [2.05, 4.69) is 17.2 Å². The molecule has 0 bridgehead atoms. The van der Waals surface area contributed by atoms with Crippen molar-refractivity contribution in [2.75, 3.05) is 25.6 Å². The Morgan fingerprint density at radius 3 is 2.81 bits per heavy atom. The van der Waals surface area contributed by atoms with Crippen molar-refractivity contribution in [3.05, 3.63) is 47.1 Å². The summed E-state index contributed by atoms with van der Waals surface area (Å²) in [6.45, 7) is 3.76. The molecule has 5 heteroatoms. The fraction of sp³-hybridized carbons (Fsp3) is 0.312. The molecule has 1 heterocycles. The van der Waals surface area contributed by atoms with E-state index in [0.717, 1.165) is 35.9 Å². The highest BCUT2D eigenvalue weighted by molar-refractivity contribution is 6.33. The molecule has 0 radical (unpaired) electrons. The predicted octanol–water partition coefficient (Wildman–Crippen LogP) is 3.62. The SMILES string of the molecule is CCNCc1cnc(N(C)c2cccc(OC)c2)c(Cl)c1. The number of hydrogen-bond donors (Lipinski definition) is 1. The number of nitrogens with zero attached hydrogens (tertiary/aromatic N) is 2. The molecule has 0 atom stereocenters. The molecule has 2 aromatic rings. The standard InChI is InChI=1S/C16H20ClN3O/c1-4-18-10-12-8-15(17)16(19-11-12)20(2)13-6-5-7-14(9-13)21-3/h5-9,11,18H,4,10H2,1-3H3. The van der Waals surface area contributed by atoms with Crippen LogP contribution >= 0.6 is 11.6 Å². The van der Waals surface area contributed by atoms with Crippen molar-refractivity contribution in [1.29, 1.82) is 0 Å². The minimum absolute atomic E-state index is 0.635. The zero-order valence-corrected chi connectivity index (χ0v) is 13.3. The van der Waals surface area contributed by atoms with Crippen molar-refractivity contribution in [3.63, 3.8) is 0 Å². The molecule has 112 valence electrons. The number of rotatable bonds is 6. The van der Waals surface area contributed by atoms with E-state index >= 15 is 0 Å². The van der Waals surface area contributed by atoms with Crippen LogP contribution in [0.1, 0.15) is 12.5 Å². The molecule has 0 fully saturated rings. The van der Waals surface area contributed by atoms with Crippen LogP contribution in [0.4, 0.5) is 11.5 Å². The predicted molar refractivity (Wildman–Crippen MR) is 87.7 cm³/mol. The van der Waals surface area contributed by atoms with E-state index in [1.54, 1.807) is 7.11 Å². The lowest BCUT2D eigenvalue weighted by Gasteiger charge is -2.20. The van der Waals surface area contributed by atoms with Gasteiger partial charge in [-0.05, 0) is 30.3 Å². The van der Waals surface area contributed by atoms with Gasteiger partial charge in [0.25, 0.3) is 0 Å². The van der Waals surface area contributed by atoms with Gasteiger partial charge in [-0.1, -0.05) is 24.6 Å². The minimum Gasteiger partial charge on any atom is -0.497 e. The maximum atomic E-state index is 6.36. The average Bonchev–Trinajstić information content (AvgIpc) is 2.52. The first-order valence-electron chi connectivity index (χ1n) is 6.88. The molecule has 0 saturated heterocycles. The Hall–Kier alpha value is -1.78. The van der Waals surface area contributed by atoms with Gasteiger partial charge in [-0.2, -0.15) is 0 Å². The smallest absolute Gasteiger partial charge is 0.151 e. The van der Waals surface area contributed by atoms with Crippen LogP contribution in [0.15, 0.2) is 36.5 Å². The fourth-order valence-corrected chi connectivity index (χ4v) is 2.34. The molecule has 1 aromatic heterocycles. The summed E-state index contributed by atoms with van der Waals surface area (Å²) in [6, 6.07) is 9.74. The number of ether oxygens (including phenoxy) is 1. The lowest BCUT2D eigenvalue weighted by Crippen LogP contribution is -2.14. The molecule has 4 nitrogen and oxygen atoms in total. The van der Waals surface area contributed by atoms with Gasteiger partial charge >= 0.3 is 0 Å². The van der Waals surface area contributed by atoms with Crippen molar-refractivity contribution in [1.82, 2.24) is 10.3 Å². The quantitative estimate of drug-likeness (QED) is 0.884. The third kappa shape index (κ3) is 3.86. The van der Waals surface area contributed by atoms with Crippen molar-refractivity contribution >= 4 is 23.1 Å². The summed E-state index contributed by atoms with van der Waals surface area (Å²) < 4.78 is 5.25. The number of benzene rings is 1. The minimum atomic E-state index is 0.635. The fourth-order valence-electron chi connectivity index (χ4n) is 2.02. The van der Waals surface area contributed by atoms with E-state index in [9.17, 15) is 0 Å². The van der Waals surface area contributed by atoms with Gasteiger partial charge in [0, 0.05) is 31.5 Å². The molecule has 0 saturated carbocycles. The topological polar surface area (TPSA) is 37.4 Å². The number of aromatic nitrogens is 1. The molecule has 0 aliphatic heterocycles. The van der Waals surface area contributed by atoms with Crippen molar-refractivity contribution in [2.45, 2.75) is 13.5 Å². The Morgan fingerprint density at radius 2 is 2.14 bits per heavy atom. The van der Waals surface area contributed by atoms with Crippen LogP contribution in [0.5, 0.6) is 5.75 Å². The maximum absolute atomic E-state index is 6.36. The summed E-state index contributed by atoms with van der Waals surface area (Å²) in [7, 11) is 3.59. The number of nitrogens with one attached hydrogen (secondary N) is 1. The van der Waals surface area contributed by atoms with Crippen LogP contribution in [0.3, 0.4) is 0 Å². The monoisotopic (exact) mass is 305 g/mol. The molecule has 0 amide bonds. The second-order valence-corrected chi connectivity index (χ2v) is 5.10. The van der Waals surface area contributed by atoms with Gasteiger partial charge in [0.05, 0.1) is 12.1 Å². The van der Waals surface area contributed by atoms with Gasteiger partial charge in [-0.25, -0.2) is 4.98 Å². The summed E-state index contributed by atoms with van der Waals surface area (Å²) in [5, 5.41) is 3.89. The number of anilines is 2. The van der Waals surface area contributed by atoms with Gasteiger partial charge in [-0.3, -0.25) is 0 Å². The molecular weight excluding hydrogens is 286 g/mol. The highest BCUT2D eigenvalue weighted by Crippen LogP contribution is 2.30. The first-order valence-corrected chi connectivity index (χ1v) is 7.26. The third-order valence-electron chi connectivity index (χ3n) is 3.22. The Balaban J connectivity index is 2.24. The van der Waals surface area contributed by atoms with E-state index in [1.807, 2.05) is 48.5 Å². The van der Waals surface area contributed by atoms with Crippen molar-refractivity contribution in [3.8, 4) is 5.75 Å².